The number of rotatable bonds is 7. The number of imidazole rings is 1. The smallest absolute Gasteiger partial charge is 0.275 e. The van der Waals surface area contributed by atoms with Crippen molar-refractivity contribution in [3.05, 3.63) is 85.9 Å². The number of anilines is 1. The Balaban J connectivity index is 1.29. The van der Waals surface area contributed by atoms with Crippen LogP contribution in [0, 0.1) is 0 Å². The number of benzene rings is 1. The first kappa shape index (κ1) is 22.9. The van der Waals surface area contributed by atoms with Gasteiger partial charge in [0.1, 0.15) is 11.4 Å². The normalized spacial score (nSPS) is 17.1. The van der Waals surface area contributed by atoms with Crippen LogP contribution in [0.4, 0.5) is 5.69 Å². The van der Waals surface area contributed by atoms with E-state index in [1.807, 2.05) is 58.0 Å². The molecule has 9 nitrogen and oxygen atoms in total. The lowest BCUT2D eigenvalue weighted by molar-refractivity contribution is -0.125. The van der Waals surface area contributed by atoms with Crippen LogP contribution in [0.15, 0.2) is 80.2 Å². The summed E-state index contributed by atoms with van der Waals surface area (Å²) < 4.78 is 3.96. The Labute approximate surface area is 214 Å². The molecule has 1 N–H and O–H groups in total. The van der Waals surface area contributed by atoms with Crippen LogP contribution in [0.3, 0.4) is 0 Å². The zero-order valence-electron chi connectivity index (χ0n) is 20.3. The maximum Gasteiger partial charge on any atom is 0.275 e. The van der Waals surface area contributed by atoms with Crippen LogP contribution < -0.4 is 5.32 Å². The zero-order chi connectivity index (χ0) is 25.4. The van der Waals surface area contributed by atoms with Crippen molar-refractivity contribution in [1.82, 2.24) is 29.2 Å². The van der Waals surface area contributed by atoms with E-state index in [2.05, 4.69) is 21.9 Å². The monoisotopic (exact) mass is 493 g/mol. The predicted octanol–water partition coefficient (Wildman–Crippen LogP) is 4.36. The highest BCUT2D eigenvalue weighted by atomic mass is 16.2. The Kier molecular flexibility index (Phi) is 5.88. The Hall–Kier alpha value is -4.53. The van der Waals surface area contributed by atoms with E-state index in [1.165, 1.54) is 6.08 Å². The largest absolute Gasteiger partial charge is 0.337 e. The van der Waals surface area contributed by atoms with E-state index in [0.29, 0.717) is 30.5 Å². The lowest BCUT2D eigenvalue weighted by Gasteiger charge is -2.14. The maximum absolute atomic E-state index is 12.8. The van der Waals surface area contributed by atoms with E-state index in [-0.39, 0.29) is 17.9 Å². The van der Waals surface area contributed by atoms with Crippen molar-refractivity contribution in [2.75, 3.05) is 18.4 Å². The molecule has 37 heavy (non-hydrogen) atoms. The third-order valence-corrected chi connectivity index (χ3v) is 6.94. The Bertz CT molecular complexity index is 1470. The molecule has 1 saturated carbocycles. The third kappa shape index (κ3) is 4.67. The van der Waals surface area contributed by atoms with E-state index in [1.54, 1.807) is 23.6 Å². The van der Waals surface area contributed by atoms with E-state index >= 15 is 0 Å². The van der Waals surface area contributed by atoms with Gasteiger partial charge >= 0.3 is 0 Å². The van der Waals surface area contributed by atoms with Gasteiger partial charge in [0.2, 0.25) is 5.91 Å². The first-order valence-corrected chi connectivity index (χ1v) is 12.4. The summed E-state index contributed by atoms with van der Waals surface area (Å²) in [5.74, 6) is -0.302. The predicted molar refractivity (Wildman–Crippen MR) is 140 cm³/mol. The third-order valence-electron chi connectivity index (χ3n) is 6.94. The van der Waals surface area contributed by atoms with Crippen molar-refractivity contribution in [2.45, 2.75) is 31.3 Å². The molecule has 2 aliphatic rings. The number of carbonyl (C=O) groups is 2. The van der Waals surface area contributed by atoms with Gasteiger partial charge in [-0.3, -0.25) is 19.3 Å². The fourth-order valence-corrected chi connectivity index (χ4v) is 4.79. The average molecular weight is 494 g/mol. The summed E-state index contributed by atoms with van der Waals surface area (Å²) >= 11 is 0. The molecule has 0 radical (unpaired) electrons. The molecule has 2 fully saturated rings. The first-order valence-electron chi connectivity index (χ1n) is 12.4. The van der Waals surface area contributed by atoms with Gasteiger partial charge in [-0.05, 0) is 55.2 Å². The molecule has 1 aliphatic carbocycles. The SMILES string of the molecule is C=CC(=O)N1CC[C@H](n2cc(-c3ccncc3)c(-c3cccc(NC(=O)c4cn(C5CC5)cn4)c3)n2)C1. The second kappa shape index (κ2) is 9.50. The number of aromatic nitrogens is 5. The molecule has 0 bridgehead atoms. The van der Waals surface area contributed by atoms with Gasteiger partial charge in [-0.1, -0.05) is 18.7 Å². The molecular weight excluding hydrogens is 466 g/mol. The molecule has 1 saturated heterocycles. The van der Waals surface area contributed by atoms with Crippen LogP contribution in [0.1, 0.15) is 41.8 Å². The molecule has 1 aromatic carbocycles. The number of nitrogens with zero attached hydrogens (tertiary/aromatic N) is 6. The highest BCUT2D eigenvalue weighted by molar-refractivity contribution is 6.03. The quantitative estimate of drug-likeness (QED) is 0.386. The molecule has 186 valence electrons. The Morgan fingerprint density at radius 3 is 2.65 bits per heavy atom. The standard InChI is InChI=1S/C28H27N7O2/c1-2-26(36)33-13-10-23(15-33)35-16-24(19-8-11-29-12-9-19)27(32-35)20-4-3-5-21(14-20)31-28(37)25-17-34(18-30-25)22-6-7-22/h2-5,8-9,11-12,14,16-18,22-23H,1,6-7,10,13,15H2,(H,31,37)/t23-/m0/s1. The van der Waals surface area contributed by atoms with Crippen molar-refractivity contribution in [1.29, 1.82) is 0 Å². The topological polar surface area (TPSA) is 97.9 Å². The summed E-state index contributed by atoms with van der Waals surface area (Å²) in [4.78, 5) is 35.2. The van der Waals surface area contributed by atoms with Gasteiger partial charge in [0.15, 0.2) is 0 Å². The number of likely N-dealkylation sites (tertiary alicyclic amines) is 1. The van der Waals surface area contributed by atoms with Crippen LogP contribution in [-0.4, -0.2) is 54.1 Å². The van der Waals surface area contributed by atoms with Crippen molar-refractivity contribution >= 4 is 17.5 Å². The maximum atomic E-state index is 12.8. The second-order valence-electron chi connectivity index (χ2n) is 9.51. The van der Waals surface area contributed by atoms with Gasteiger partial charge in [-0.15, -0.1) is 0 Å². The van der Waals surface area contributed by atoms with E-state index in [0.717, 1.165) is 41.6 Å². The average Bonchev–Trinajstić information content (AvgIpc) is 3.32. The van der Waals surface area contributed by atoms with Gasteiger partial charge in [-0.2, -0.15) is 5.10 Å². The highest BCUT2D eigenvalue weighted by Crippen LogP contribution is 2.35. The van der Waals surface area contributed by atoms with Crippen LogP contribution in [0.5, 0.6) is 0 Å². The van der Waals surface area contributed by atoms with E-state index in [4.69, 9.17) is 5.10 Å². The van der Waals surface area contributed by atoms with Gasteiger partial charge in [0, 0.05) is 60.7 Å². The minimum absolute atomic E-state index is 0.0605. The number of nitrogens with one attached hydrogen (secondary N) is 1. The summed E-state index contributed by atoms with van der Waals surface area (Å²) in [6.07, 6.45) is 13.5. The molecule has 4 aromatic rings. The lowest BCUT2D eigenvalue weighted by Crippen LogP contribution is -2.27. The van der Waals surface area contributed by atoms with Crippen molar-refractivity contribution in [3.8, 4) is 22.4 Å². The Morgan fingerprint density at radius 2 is 1.86 bits per heavy atom. The van der Waals surface area contributed by atoms with Gasteiger partial charge in [0.25, 0.3) is 5.91 Å². The first-order chi connectivity index (χ1) is 18.1. The number of hydrogen-bond donors (Lipinski definition) is 1. The molecule has 1 aliphatic heterocycles. The van der Waals surface area contributed by atoms with Crippen molar-refractivity contribution in [2.24, 2.45) is 0 Å². The molecule has 6 rings (SSSR count). The highest BCUT2D eigenvalue weighted by Gasteiger charge is 2.28. The number of hydrogen-bond acceptors (Lipinski definition) is 5. The summed E-state index contributed by atoms with van der Waals surface area (Å²) in [5, 5.41) is 7.94. The summed E-state index contributed by atoms with van der Waals surface area (Å²) in [6, 6.07) is 12.1. The van der Waals surface area contributed by atoms with Crippen LogP contribution >= 0.6 is 0 Å². The lowest BCUT2D eigenvalue weighted by atomic mass is 10.0. The fourth-order valence-electron chi connectivity index (χ4n) is 4.79. The minimum atomic E-state index is -0.241. The molecule has 0 unspecified atom stereocenters. The number of amides is 2. The summed E-state index contributed by atoms with van der Waals surface area (Å²) in [7, 11) is 0. The molecule has 9 heteroatoms. The summed E-state index contributed by atoms with van der Waals surface area (Å²) in [6.45, 7) is 4.87. The van der Waals surface area contributed by atoms with E-state index < -0.39 is 0 Å². The summed E-state index contributed by atoms with van der Waals surface area (Å²) in [5.41, 5.74) is 4.70. The van der Waals surface area contributed by atoms with Gasteiger partial charge in [0.05, 0.1) is 12.4 Å². The van der Waals surface area contributed by atoms with Gasteiger partial charge < -0.3 is 14.8 Å². The molecular formula is C28H27N7O2. The van der Waals surface area contributed by atoms with Crippen molar-refractivity contribution < 1.29 is 9.59 Å². The van der Waals surface area contributed by atoms with Crippen LogP contribution in [0.25, 0.3) is 22.4 Å². The number of carbonyl (C=O) groups excluding carboxylic acids is 2. The fraction of sp³-hybridized carbons (Fsp3) is 0.250. The molecule has 1 atom stereocenters. The molecule has 2 amide bonds. The van der Waals surface area contributed by atoms with Crippen LogP contribution in [0.2, 0.25) is 0 Å². The Morgan fingerprint density at radius 1 is 1.03 bits per heavy atom. The second-order valence-corrected chi connectivity index (χ2v) is 9.51. The van der Waals surface area contributed by atoms with Gasteiger partial charge in [-0.25, -0.2) is 4.98 Å². The molecule has 0 spiro atoms. The minimum Gasteiger partial charge on any atom is -0.337 e. The zero-order valence-corrected chi connectivity index (χ0v) is 20.3. The van der Waals surface area contributed by atoms with E-state index in [9.17, 15) is 9.59 Å². The number of pyridine rings is 1. The molecule has 3 aromatic heterocycles. The van der Waals surface area contributed by atoms with Crippen LogP contribution in [-0.2, 0) is 4.79 Å². The molecule has 4 heterocycles. The van der Waals surface area contributed by atoms with Crippen molar-refractivity contribution in [3.63, 3.8) is 0 Å².